The van der Waals surface area contributed by atoms with Crippen LogP contribution < -0.4 is 5.32 Å². The van der Waals surface area contributed by atoms with Crippen molar-refractivity contribution in [2.24, 2.45) is 0 Å². The molecule has 21 heavy (non-hydrogen) atoms. The lowest BCUT2D eigenvalue weighted by molar-refractivity contribution is 0.128. The Bertz CT molecular complexity index is 632. The van der Waals surface area contributed by atoms with Crippen molar-refractivity contribution in [3.05, 3.63) is 45.0 Å². The molecule has 1 aromatic carbocycles. The zero-order valence-corrected chi connectivity index (χ0v) is 13.2. The fourth-order valence-corrected chi connectivity index (χ4v) is 2.33. The zero-order valence-electron chi connectivity index (χ0n) is 11.0. The summed E-state index contributed by atoms with van der Waals surface area (Å²) in [5, 5.41) is 3.43. The van der Waals surface area contributed by atoms with Gasteiger partial charge in [0.25, 0.3) is 0 Å². The van der Waals surface area contributed by atoms with Gasteiger partial charge in [0.1, 0.15) is 23.4 Å². The molecule has 0 saturated heterocycles. The standard InChI is InChI=1S/C13H11Cl3FN3O/c1-2-21-6-12-18-10(16)5-11(19-12)20-13-8(14)3-7(17)4-9(13)15/h3-5H,2,6H2,1H3,(H,18,19,20). The van der Waals surface area contributed by atoms with E-state index in [1.54, 1.807) is 0 Å². The van der Waals surface area contributed by atoms with E-state index in [9.17, 15) is 4.39 Å². The molecule has 1 aromatic heterocycles. The number of ether oxygens (including phenoxy) is 1. The number of aromatic nitrogens is 2. The van der Waals surface area contributed by atoms with Crippen molar-refractivity contribution in [2.45, 2.75) is 13.5 Å². The third kappa shape index (κ3) is 4.41. The first kappa shape index (κ1) is 16.2. The molecule has 1 heterocycles. The van der Waals surface area contributed by atoms with Gasteiger partial charge in [0.15, 0.2) is 5.82 Å². The fraction of sp³-hybridized carbons (Fsp3) is 0.231. The normalized spacial score (nSPS) is 10.7. The van der Waals surface area contributed by atoms with Crippen molar-refractivity contribution >= 4 is 46.3 Å². The summed E-state index contributed by atoms with van der Waals surface area (Å²) in [6.45, 7) is 2.63. The molecule has 2 aromatic rings. The second kappa shape index (κ2) is 7.22. The Hall–Kier alpha value is -1.14. The van der Waals surface area contributed by atoms with Crippen LogP contribution in [0.15, 0.2) is 18.2 Å². The lowest BCUT2D eigenvalue weighted by Gasteiger charge is -2.11. The van der Waals surface area contributed by atoms with Crippen LogP contribution in [-0.4, -0.2) is 16.6 Å². The van der Waals surface area contributed by atoms with Crippen LogP contribution in [0.2, 0.25) is 15.2 Å². The van der Waals surface area contributed by atoms with Gasteiger partial charge in [-0.25, -0.2) is 14.4 Å². The molecule has 0 aliphatic carbocycles. The fourth-order valence-electron chi connectivity index (χ4n) is 1.58. The Morgan fingerprint density at radius 2 is 1.81 bits per heavy atom. The minimum Gasteiger partial charge on any atom is -0.374 e. The molecule has 0 fully saturated rings. The van der Waals surface area contributed by atoms with Gasteiger partial charge in [-0.1, -0.05) is 34.8 Å². The largest absolute Gasteiger partial charge is 0.374 e. The van der Waals surface area contributed by atoms with Gasteiger partial charge in [-0.2, -0.15) is 0 Å². The first-order valence-corrected chi connectivity index (χ1v) is 7.15. The molecule has 0 atom stereocenters. The van der Waals surface area contributed by atoms with Crippen molar-refractivity contribution in [1.82, 2.24) is 9.97 Å². The Balaban J connectivity index is 2.29. The summed E-state index contributed by atoms with van der Waals surface area (Å²) < 4.78 is 18.4. The van der Waals surface area contributed by atoms with Crippen LogP contribution in [-0.2, 0) is 11.3 Å². The second-order valence-corrected chi connectivity index (χ2v) is 5.20. The number of hydrogen-bond acceptors (Lipinski definition) is 4. The quantitative estimate of drug-likeness (QED) is 0.783. The average molecular weight is 351 g/mol. The van der Waals surface area contributed by atoms with Crippen LogP contribution in [0.3, 0.4) is 0 Å². The predicted molar refractivity (Wildman–Crippen MR) is 82.1 cm³/mol. The van der Waals surface area contributed by atoms with E-state index in [0.717, 1.165) is 12.1 Å². The predicted octanol–water partition coefficient (Wildman–Crippen LogP) is 4.86. The maximum Gasteiger partial charge on any atom is 0.158 e. The SMILES string of the molecule is CCOCc1nc(Cl)cc(Nc2c(Cl)cc(F)cc2Cl)n1. The highest BCUT2D eigenvalue weighted by atomic mass is 35.5. The van der Waals surface area contributed by atoms with Crippen LogP contribution in [0, 0.1) is 5.82 Å². The van der Waals surface area contributed by atoms with E-state index in [4.69, 9.17) is 39.5 Å². The Kier molecular flexibility index (Phi) is 5.58. The van der Waals surface area contributed by atoms with Crippen LogP contribution >= 0.6 is 34.8 Å². The number of nitrogens with zero attached hydrogens (tertiary/aromatic N) is 2. The summed E-state index contributed by atoms with van der Waals surface area (Å²) in [7, 11) is 0. The van der Waals surface area contributed by atoms with Gasteiger partial charge < -0.3 is 10.1 Å². The average Bonchev–Trinajstić information content (AvgIpc) is 2.40. The first-order chi connectivity index (χ1) is 9.99. The molecule has 0 aliphatic rings. The molecular formula is C13H11Cl3FN3O. The third-order valence-corrected chi connectivity index (χ3v) is 3.23. The number of benzene rings is 1. The monoisotopic (exact) mass is 349 g/mol. The van der Waals surface area contributed by atoms with E-state index < -0.39 is 5.82 Å². The number of nitrogens with one attached hydrogen (secondary N) is 1. The summed E-state index contributed by atoms with van der Waals surface area (Å²) in [6, 6.07) is 3.81. The van der Waals surface area contributed by atoms with Gasteiger partial charge in [-0.05, 0) is 19.1 Å². The van der Waals surface area contributed by atoms with Gasteiger partial charge in [0, 0.05) is 12.7 Å². The Labute approximate surface area is 136 Å². The highest BCUT2D eigenvalue weighted by Crippen LogP contribution is 2.33. The van der Waals surface area contributed by atoms with Crippen LogP contribution in [0.25, 0.3) is 0 Å². The topological polar surface area (TPSA) is 47.0 Å². The van der Waals surface area contributed by atoms with E-state index >= 15 is 0 Å². The minimum absolute atomic E-state index is 0.140. The summed E-state index contributed by atoms with van der Waals surface area (Å²) in [5.41, 5.74) is 0.344. The third-order valence-electron chi connectivity index (χ3n) is 2.44. The molecule has 112 valence electrons. The van der Waals surface area contributed by atoms with Crippen molar-refractivity contribution in [1.29, 1.82) is 0 Å². The molecule has 1 N–H and O–H groups in total. The maximum atomic E-state index is 13.2. The molecule has 0 amide bonds. The summed E-state index contributed by atoms with van der Waals surface area (Å²) in [4.78, 5) is 8.26. The number of anilines is 2. The number of halogens is 4. The van der Waals surface area contributed by atoms with Crippen molar-refractivity contribution < 1.29 is 9.13 Å². The first-order valence-electron chi connectivity index (χ1n) is 6.02. The van der Waals surface area contributed by atoms with Gasteiger partial charge in [-0.15, -0.1) is 0 Å². The molecule has 4 nitrogen and oxygen atoms in total. The molecular weight excluding hydrogens is 340 g/mol. The van der Waals surface area contributed by atoms with E-state index in [1.807, 2.05) is 6.92 Å². The molecule has 0 radical (unpaired) electrons. The van der Waals surface area contributed by atoms with Crippen LogP contribution in [0.4, 0.5) is 15.9 Å². The number of hydrogen-bond donors (Lipinski definition) is 1. The van der Waals surface area contributed by atoms with E-state index in [1.165, 1.54) is 6.07 Å². The molecule has 8 heteroatoms. The molecule has 0 unspecified atom stereocenters. The molecule has 0 aliphatic heterocycles. The maximum absolute atomic E-state index is 13.2. The van der Waals surface area contributed by atoms with Crippen LogP contribution in [0.1, 0.15) is 12.7 Å². The molecule has 0 bridgehead atoms. The lowest BCUT2D eigenvalue weighted by Crippen LogP contribution is -2.03. The summed E-state index contributed by atoms with van der Waals surface area (Å²) >= 11 is 17.8. The van der Waals surface area contributed by atoms with E-state index in [-0.39, 0.29) is 21.8 Å². The van der Waals surface area contributed by atoms with Crippen molar-refractivity contribution in [3.63, 3.8) is 0 Å². The van der Waals surface area contributed by atoms with Gasteiger partial charge in [0.05, 0.1) is 15.7 Å². The van der Waals surface area contributed by atoms with Gasteiger partial charge in [0.2, 0.25) is 0 Å². The van der Waals surface area contributed by atoms with Gasteiger partial charge in [-0.3, -0.25) is 0 Å². The second-order valence-electron chi connectivity index (χ2n) is 4.00. The Morgan fingerprint density at radius 3 is 2.43 bits per heavy atom. The minimum atomic E-state index is -0.520. The van der Waals surface area contributed by atoms with Crippen molar-refractivity contribution in [3.8, 4) is 0 Å². The van der Waals surface area contributed by atoms with Crippen LogP contribution in [0.5, 0.6) is 0 Å². The summed E-state index contributed by atoms with van der Waals surface area (Å²) in [6.07, 6.45) is 0. The highest BCUT2D eigenvalue weighted by Gasteiger charge is 2.11. The van der Waals surface area contributed by atoms with Crippen molar-refractivity contribution in [2.75, 3.05) is 11.9 Å². The molecule has 0 saturated carbocycles. The molecule has 2 rings (SSSR count). The Morgan fingerprint density at radius 1 is 1.14 bits per heavy atom. The number of rotatable bonds is 5. The molecule has 0 spiro atoms. The smallest absolute Gasteiger partial charge is 0.158 e. The highest BCUT2D eigenvalue weighted by molar-refractivity contribution is 6.39. The van der Waals surface area contributed by atoms with E-state index in [2.05, 4.69) is 15.3 Å². The lowest BCUT2D eigenvalue weighted by atomic mass is 10.3. The summed E-state index contributed by atoms with van der Waals surface area (Å²) in [5.74, 6) is 0.287. The zero-order chi connectivity index (χ0) is 15.4. The van der Waals surface area contributed by atoms with Gasteiger partial charge >= 0.3 is 0 Å². The van der Waals surface area contributed by atoms with E-state index in [0.29, 0.717) is 23.9 Å².